The normalized spacial score (nSPS) is 18.4. The molecular formula is C14H19ClN2O2. The van der Waals surface area contributed by atoms with Crippen molar-refractivity contribution in [1.82, 2.24) is 0 Å². The van der Waals surface area contributed by atoms with Crippen molar-refractivity contribution >= 4 is 23.0 Å². The highest BCUT2D eigenvalue weighted by Gasteiger charge is 2.27. The molecular weight excluding hydrogens is 264 g/mol. The number of alkyl halides is 1. The van der Waals surface area contributed by atoms with Crippen LogP contribution < -0.4 is 4.90 Å². The van der Waals surface area contributed by atoms with Crippen molar-refractivity contribution in [3.05, 3.63) is 33.9 Å². The minimum absolute atomic E-state index is 0.107. The van der Waals surface area contributed by atoms with Crippen LogP contribution in [0, 0.1) is 15.5 Å². The number of rotatable bonds is 3. The van der Waals surface area contributed by atoms with Crippen molar-refractivity contribution in [3.63, 3.8) is 0 Å². The Hall–Kier alpha value is -1.29. The highest BCUT2D eigenvalue weighted by atomic mass is 35.5. The third kappa shape index (κ3) is 3.18. The van der Waals surface area contributed by atoms with Crippen LogP contribution in [0.25, 0.3) is 0 Å². The van der Waals surface area contributed by atoms with Gasteiger partial charge in [-0.05, 0) is 29.9 Å². The molecule has 0 aromatic heterocycles. The van der Waals surface area contributed by atoms with Gasteiger partial charge >= 0.3 is 0 Å². The predicted molar refractivity (Wildman–Crippen MR) is 77.9 cm³/mol. The summed E-state index contributed by atoms with van der Waals surface area (Å²) in [6.45, 7) is 6.47. The van der Waals surface area contributed by atoms with Gasteiger partial charge < -0.3 is 4.90 Å². The molecule has 19 heavy (non-hydrogen) atoms. The third-order valence-electron chi connectivity index (χ3n) is 3.66. The zero-order valence-electron chi connectivity index (χ0n) is 11.4. The van der Waals surface area contributed by atoms with Gasteiger partial charge in [-0.2, -0.15) is 0 Å². The van der Waals surface area contributed by atoms with E-state index in [1.54, 1.807) is 12.1 Å². The summed E-state index contributed by atoms with van der Waals surface area (Å²) in [5.41, 5.74) is 2.27. The van der Waals surface area contributed by atoms with Crippen LogP contribution in [0.15, 0.2) is 18.2 Å². The first-order valence-electron chi connectivity index (χ1n) is 6.51. The fraction of sp³-hybridized carbons (Fsp3) is 0.571. The molecule has 0 aliphatic carbocycles. The van der Waals surface area contributed by atoms with E-state index >= 15 is 0 Å². The summed E-state index contributed by atoms with van der Waals surface area (Å²) in [5.74, 6) is 0.300. The summed E-state index contributed by atoms with van der Waals surface area (Å²) in [5, 5.41) is 10.8. The fourth-order valence-electron chi connectivity index (χ4n) is 2.73. The Morgan fingerprint density at radius 1 is 1.47 bits per heavy atom. The first kappa shape index (κ1) is 14.1. The Bertz CT molecular complexity index is 488. The molecule has 0 bridgehead atoms. The van der Waals surface area contributed by atoms with E-state index in [2.05, 4.69) is 18.7 Å². The minimum atomic E-state index is -0.375. The van der Waals surface area contributed by atoms with Gasteiger partial charge in [0.2, 0.25) is 0 Å². The molecule has 0 atom stereocenters. The maximum Gasteiger partial charge on any atom is 0.269 e. The lowest BCUT2D eigenvalue weighted by Gasteiger charge is -2.40. The van der Waals surface area contributed by atoms with E-state index in [1.807, 2.05) is 6.07 Å². The number of piperidine rings is 1. The summed E-state index contributed by atoms with van der Waals surface area (Å²) in [6, 6.07) is 4.98. The number of nitrogens with zero attached hydrogens (tertiary/aromatic N) is 2. The second kappa shape index (κ2) is 5.37. The second-order valence-corrected chi connectivity index (χ2v) is 6.16. The molecule has 1 aromatic rings. The monoisotopic (exact) mass is 282 g/mol. The van der Waals surface area contributed by atoms with Crippen LogP contribution in [0.4, 0.5) is 11.4 Å². The molecule has 0 N–H and O–H groups in total. The van der Waals surface area contributed by atoms with Crippen LogP contribution in [0.1, 0.15) is 32.3 Å². The fourth-order valence-corrected chi connectivity index (χ4v) is 2.94. The molecule has 0 amide bonds. The van der Waals surface area contributed by atoms with Crippen molar-refractivity contribution < 1.29 is 4.92 Å². The van der Waals surface area contributed by atoms with Crippen molar-refractivity contribution in [2.45, 2.75) is 32.6 Å². The lowest BCUT2D eigenvalue weighted by atomic mass is 9.84. The number of hydrogen-bond donors (Lipinski definition) is 0. The van der Waals surface area contributed by atoms with Crippen LogP contribution in [0.2, 0.25) is 0 Å². The van der Waals surface area contributed by atoms with Crippen molar-refractivity contribution in [3.8, 4) is 0 Å². The van der Waals surface area contributed by atoms with Gasteiger partial charge in [-0.25, -0.2) is 0 Å². The molecule has 5 heteroatoms. The SMILES string of the molecule is CC1(C)CCCN(c2ccc([N+](=O)[O-])cc2CCl)C1. The lowest BCUT2D eigenvalue weighted by molar-refractivity contribution is -0.384. The number of nitro groups is 1. The number of benzene rings is 1. The summed E-state index contributed by atoms with van der Waals surface area (Å²) in [7, 11) is 0. The third-order valence-corrected chi connectivity index (χ3v) is 3.95. The average molecular weight is 283 g/mol. The topological polar surface area (TPSA) is 46.4 Å². The van der Waals surface area contributed by atoms with Gasteiger partial charge in [-0.15, -0.1) is 11.6 Å². The highest BCUT2D eigenvalue weighted by Crippen LogP contribution is 2.34. The van der Waals surface area contributed by atoms with E-state index in [0.29, 0.717) is 5.88 Å². The van der Waals surface area contributed by atoms with Crippen molar-refractivity contribution in [2.75, 3.05) is 18.0 Å². The maximum absolute atomic E-state index is 10.8. The molecule has 0 spiro atoms. The van der Waals surface area contributed by atoms with Gasteiger partial charge in [0, 0.05) is 36.8 Å². The van der Waals surface area contributed by atoms with Crippen molar-refractivity contribution in [2.24, 2.45) is 5.41 Å². The lowest BCUT2D eigenvalue weighted by Crippen LogP contribution is -2.40. The summed E-state index contributed by atoms with van der Waals surface area (Å²) >= 11 is 5.95. The maximum atomic E-state index is 10.8. The molecule has 4 nitrogen and oxygen atoms in total. The van der Waals surface area contributed by atoms with E-state index in [9.17, 15) is 10.1 Å². The van der Waals surface area contributed by atoms with E-state index < -0.39 is 0 Å². The van der Waals surface area contributed by atoms with Gasteiger partial charge in [-0.3, -0.25) is 10.1 Å². The van der Waals surface area contributed by atoms with E-state index in [-0.39, 0.29) is 16.0 Å². The van der Waals surface area contributed by atoms with Gasteiger partial charge in [0.15, 0.2) is 0 Å². The van der Waals surface area contributed by atoms with Crippen LogP contribution in [-0.2, 0) is 5.88 Å². The van der Waals surface area contributed by atoms with Crippen LogP contribution >= 0.6 is 11.6 Å². The Balaban J connectivity index is 2.31. The molecule has 1 fully saturated rings. The van der Waals surface area contributed by atoms with Crippen molar-refractivity contribution in [1.29, 1.82) is 0 Å². The molecule has 1 aliphatic heterocycles. The molecule has 0 saturated carbocycles. The average Bonchev–Trinajstić information content (AvgIpc) is 2.36. The Kier molecular flexibility index (Phi) is 3.99. The molecule has 2 rings (SSSR count). The molecule has 1 saturated heterocycles. The van der Waals surface area contributed by atoms with Gasteiger partial charge in [-0.1, -0.05) is 13.8 Å². The highest BCUT2D eigenvalue weighted by molar-refractivity contribution is 6.17. The number of anilines is 1. The van der Waals surface area contributed by atoms with Crippen LogP contribution in [-0.4, -0.2) is 18.0 Å². The molecule has 0 unspecified atom stereocenters. The number of halogens is 1. The summed E-state index contributed by atoms with van der Waals surface area (Å²) in [6.07, 6.45) is 2.36. The van der Waals surface area contributed by atoms with Gasteiger partial charge in [0.1, 0.15) is 0 Å². The van der Waals surface area contributed by atoms with Gasteiger partial charge in [0.25, 0.3) is 5.69 Å². The van der Waals surface area contributed by atoms with E-state index in [0.717, 1.165) is 30.8 Å². The predicted octanol–water partition coefficient (Wildman–Crippen LogP) is 3.96. The molecule has 104 valence electrons. The van der Waals surface area contributed by atoms with Gasteiger partial charge in [0.05, 0.1) is 4.92 Å². The number of hydrogen-bond acceptors (Lipinski definition) is 3. The second-order valence-electron chi connectivity index (χ2n) is 5.89. The quantitative estimate of drug-likeness (QED) is 0.479. The number of non-ortho nitro benzene ring substituents is 1. The smallest absolute Gasteiger partial charge is 0.269 e. The zero-order valence-corrected chi connectivity index (χ0v) is 12.1. The molecule has 1 heterocycles. The van der Waals surface area contributed by atoms with E-state index in [4.69, 9.17) is 11.6 Å². The summed E-state index contributed by atoms with van der Waals surface area (Å²) in [4.78, 5) is 12.7. The largest absolute Gasteiger partial charge is 0.371 e. The van der Waals surface area contributed by atoms with E-state index in [1.165, 1.54) is 6.42 Å². The van der Waals surface area contributed by atoms with Crippen LogP contribution in [0.5, 0.6) is 0 Å². The Labute approximate surface area is 118 Å². The Morgan fingerprint density at radius 3 is 2.79 bits per heavy atom. The van der Waals surface area contributed by atoms with Crippen LogP contribution in [0.3, 0.4) is 0 Å². The Morgan fingerprint density at radius 2 is 2.21 bits per heavy atom. The first-order valence-corrected chi connectivity index (χ1v) is 7.05. The zero-order chi connectivity index (χ0) is 14.0. The summed E-state index contributed by atoms with van der Waals surface area (Å²) < 4.78 is 0. The first-order chi connectivity index (χ1) is 8.93. The minimum Gasteiger partial charge on any atom is -0.371 e. The number of nitro benzene ring substituents is 1. The standard InChI is InChI=1S/C14H19ClN2O2/c1-14(2)6-3-7-16(10-14)13-5-4-12(17(18)19)8-11(13)9-15/h4-5,8H,3,6-7,9-10H2,1-2H3. The molecule has 1 aliphatic rings. The molecule has 0 radical (unpaired) electrons. The molecule has 1 aromatic carbocycles.